The van der Waals surface area contributed by atoms with E-state index >= 15 is 0 Å². The van der Waals surface area contributed by atoms with Crippen molar-refractivity contribution in [2.75, 3.05) is 26.3 Å². The lowest BCUT2D eigenvalue weighted by molar-refractivity contribution is -0.138. The molecular weight excluding hydrogens is 244 g/mol. The molecule has 1 atom stereocenters. The second-order valence-corrected chi connectivity index (χ2v) is 5.42. The van der Waals surface area contributed by atoms with Crippen molar-refractivity contribution < 1.29 is 14.3 Å². The first kappa shape index (κ1) is 16.1. The summed E-state index contributed by atoms with van der Waals surface area (Å²) in [7, 11) is 0. The Morgan fingerprint density at radius 2 is 2.16 bits per heavy atom. The molecule has 0 bridgehead atoms. The lowest BCUT2D eigenvalue weighted by atomic mass is 10.2. The number of imide groups is 1. The van der Waals surface area contributed by atoms with Gasteiger partial charge < -0.3 is 10.1 Å². The molecule has 0 saturated carbocycles. The number of ether oxygens (including phenoxy) is 1. The topological polar surface area (TPSA) is 58.6 Å². The van der Waals surface area contributed by atoms with Crippen LogP contribution in [0.4, 0.5) is 0 Å². The Balaban J connectivity index is 2.17. The fourth-order valence-electron chi connectivity index (χ4n) is 2.07. The van der Waals surface area contributed by atoms with E-state index in [2.05, 4.69) is 19.2 Å². The number of rotatable bonds is 9. The van der Waals surface area contributed by atoms with E-state index in [0.29, 0.717) is 32.0 Å². The predicted molar refractivity (Wildman–Crippen MR) is 73.7 cm³/mol. The van der Waals surface area contributed by atoms with Crippen molar-refractivity contribution in [2.24, 2.45) is 5.92 Å². The molecular formula is C14H26N2O3. The molecule has 0 aromatic carbocycles. The van der Waals surface area contributed by atoms with Crippen molar-refractivity contribution in [2.45, 2.75) is 46.1 Å². The van der Waals surface area contributed by atoms with Crippen molar-refractivity contribution in [1.29, 1.82) is 0 Å². The third-order valence-electron chi connectivity index (χ3n) is 3.00. The molecule has 1 aliphatic heterocycles. The van der Waals surface area contributed by atoms with Gasteiger partial charge in [-0.2, -0.15) is 0 Å². The molecule has 0 radical (unpaired) electrons. The van der Waals surface area contributed by atoms with Gasteiger partial charge in [-0.1, -0.05) is 20.8 Å². The van der Waals surface area contributed by atoms with Gasteiger partial charge in [0.2, 0.25) is 11.8 Å². The van der Waals surface area contributed by atoms with Gasteiger partial charge in [-0.25, -0.2) is 0 Å². The van der Waals surface area contributed by atoms with Crippen molar-refractivity contribution in [3.8, 4) is 0 Å². The Kier molecular flexibility index (Phi) is 7.02. The van der Waals surface area contributed by atoms with Crippen LogP contribution in [0.2, 0.25) is 0 Å². The molecule has 1 fully saturated rings. The smallest absolute Gasteiger partial charge is 0.246 e. The number of nitrogens with one attached hydrogen (secondary N) is 1. The van der Waals surface area contributed by atoms with Gasteiger partial charge in [0.05, 0.1) is 12.5 Å². The minimum absolute atomic E-state index is 0.0552. The number of carbonyl (C=O) groups is 2. The summed E-state index contributed by atoms with van der Waals surface area (Å²) in [5, 5.41) is 3.15. The van der Waals surface area contributed by atoms with Gasteiger partial charge in [0.1, 0.15) is 0 Å². The highest BCUT2D eigenvalue weighted by atomic mass is 16.5. The van der Waals surface area contributed by atoms with Gasteiger partial charge in [0, 0.05) is 19.8 Å². The second kappa shape index (κ2) is 8.27. The van der Waals surface area contributed by atoms with Crippen LogP contribution in [0.3, 0.4) is 0 Å². The normalized spacial score (nSPS) is 19.8. The molecule has 1 heterocycles. The molecule has 110 valence electrons. The van der Waals surface area contributed by atoms with Gasteiger partial charge in [-0.3, -0.25) is 14.5 Å². The molecule has 1 rings (SSSR count). The van der Waals surface area contributed by atoms with Gasteiger partial charge in [-0.05, 0) is 25.3 Å². The summed E-state index contributed by atoms with van der Waals surface area (Å²) < 4.78 is 5.47. The summed E-state index contributed by atoms with van der Waals surface area (Å²) in [6.07, 6.45) is 1.97. The summed E-state index contributed by atoms with van der Waals surface area (Å²) in [5.74, 6) is 0.417. The van der Waals surface area contributed by atoms with E-state index in [1.54, 1.807) is 0 Å². The second-order valence-electron chi connectivity index (χ2n) is 5.42. The van der Waals surface area contributed by atoms with Crippen molar-refractivity contribution in [3.05, 3.63) is 0 Å². The maximum Gasteiger partial charge on any atom is 0.246 e. The third kappa shape index (κ3) is 5.28. The minimum Gasteiger partial charge on any atom is -0.381 e. The van der Waals surface area contributed by atoms with Gasteiger partial charge in [0.15, 0.2) is 0 Å². The first-order valence-corrected chi connectivity index (χ1v) is 7.21. The molecule has 19 heavy (non-hydrogen) atoms. The molecule has 1 saturated heterocycles. The zero-order valence-electron chi connectivity index (χ0n) is 12.3. The van der Waals surface area contributed by atoms with E-state index in [9.17, 15) is 9.59 Å². The Morgan fingerprint density at radius 1 is 1.42 bits per heavy atom. The Morgan fingerprint density at radius 3 is 2.79 bits per heavy atom. The standard InChI is InChI=1S/C14H26N2O3/c1-4-7-16-13(17)9-12(14(16)18)15-6-5-8-19-10-11(2)3/h11-12,15H,4-10H2,1-3H3. The molecule has 1 N–H and O–H groups in total. The molecule has 1 unspecified atom stereocenters. The lowest BCUT2D eigenvalue weighted by Gasteiger charge is -2.14. The molecule has 0 aliphatic carbocycles. The first-order valence-electron chi connectivity index (χ1n) is 7.21. The quantitative estimate of drug-likeness (QED) is 0.505. The third-order valence-corrected chi connectivity index (χ3v) is 3.00. The van der Waals surface area contributed by atoms with Crippen molar-refractivity contribution in [1.82, 2.24) is 10.2 Å². The summed E-state index contributed by atoms with van der Waals surface area (Å²) in [6, 6.07) is -0.329. The zero-order valence-corrected chi connectivity index (χ0v) is 12.3. The Hall–Kier alpha value is -0.940. The van der Waals surface area contributed by atoms with Crippen LogP contribution in [0.1, 0.15) is 40.0 Å². The lowest BCUT2D eigenvalue weighted by Crippen LogP contribution is -2.39. The van der Waals surface area contributed by atoms with Crippen LogP contribution in [-0.2, 0) is 14.3 Å². The maximum atomic E-state index is 11.9. The van der Waals surface area contributed by atoms with Gasteiger partial charge in [-0.15, -0.1) is 0 Å². The number of hydrogen-bond donors (Lipinski definition) is 1. The van der Waals surface area contributed by atoms with Crippen LogP contribution in [-0.4, -0.2) is 49.1 Å². The molecule has 5 nitrogen and oxygen atoms in total. The Labute approximate surface area is 115 Å². The molecule has 2 amide bonds. The summed E-state index contributed by atoms with van der Waals surface area (Å²) in [6.45, 7) is 8.90. The van der Waals surface area contributed by atoms with E-state index in [0.717, 1.165) is 19.4 Å². The van der Waals surface area contributed by atoms with Crippen molar-refractivity contribution in [3.63, 3.8) is 0 Å². The maximum absolute atomic E-state index is 11.9. The molecule has 1 aliphatic rings. The number of nitrogens with zero attached hydrogens (tertiary/aromatic N) is 1. The van der Waals surface area contributed by atoms with Crippen LogP contribution in [0, 0.1) is 5.92 Å². The SMILES string of the molecule is CCCN1C(=O)CC(NCCCOCC(C)C)C1=O. The average molecular weight is 270 g/mol. The monoisotopic (exact) mass is 270 g/mol. The largest absolute Gasteiger partial charge is 0.381 e. The summed E-state index contributed by atoms with van der Waals surface area (Å²) in [5.41, 5.74) is 0. The van der Waals surface area contributed by atoms with Crippen LogP contribution >= 0.6 is 0 Å². The predicted octanol–water partition coefficient (Wildman–Crippen LogP) is 1.18. The molecule has 5 heteroatoms. The number of likely N-dealkylation sites (tertiary alicyclic amines) is 1. The number of hydrogen-bond acceptors (Lipinski definition) is 4. The number of amides is 2. The van der Waals surface area contributed by atoms with Crippen LogP contribution in [0.15, 0.2) is 0 Å². The van der Waals surface area contributed by atoms with Crippen molar-refractivity contribution >= 4 is 11.8 Å². The van der Waals surface area contributed by atoms with E-state index in [-0.39, 0.29) is 17.9 Å². The van der Waals surface area contributed by atoms with Crippen LogP contribution < -0.4 is 5.32 Å². The van der Waals surface area contributed by atoms with Crippen LogP contribution in [0.25, 0.3) is 0 Å². The fourth-order valence-corrected chi connectivity index (χ4v) is 2.07. The van der Waals surface area contributed by atoms with Gasteiger partial charge >= 0.3 is 0 Å². The molecule has 0 aromatic rings. The summed E-state index contributed by atoms with van der Waals surface area (Å²) in [4.78, 5) is 24.9. The van der Waals surface area contributed by atoms with E-state index < -0.39 is 0 Å². The van der Waals surface area contributed by atoms with Gasteiger partial charge in [0.25, 0.3) is 0 Å². The highest BCUT2D eigenvalue weighted by Crippen LogP contribution is 2.13. The van der Waals surface area contributed by atoms with E-state index in [1.165, 1.54) is 4.90 Å². The highest BCUT2D eigenvalue weighted by molar-refractivity contribution is 6.05. The van der Waals surface area contributed by atoms with E-state index in [1.807, 2.05) is 6.92 Å². The highest BCUT2D eigenvalue weighted by Gasteiger charge is 2.37. The summed E-state index contributed by atoms with van der Waals surface area (Å²) >= 11 is 0. The average Bonchev–Trinajstić information content (AvgIpc) is 2.61. The van der Waals surface area contributed by atoms with E-state index in [4.69, 9.17) is 4.74 Å². The zero-order chi connectivity index (χ0) is 14.3. The minimum atomic E-state index is -0.329. The number of carbonyl (C=O) groups excluding carboxylic acids is 2. The van der Waals surface area contributed by atoms with Crippen LogP contribution in [0.5, 0.6) is 0 Å². The fraction of sp³-hybridized carbons (Fsp3) is 0.857. The molecule has 0 aromatic heterocycles. The first-order chi connectivity index (χ1) is 9.06. The molecule has 0 spiro atoms. The Bertz CT molecular complexity index is 305.